The van der Waals surface area contributed by atoms with Crippen molar-refractivity contribution >= 4 is 12.0 Å². The van der Waals surface area contributed by atoms with Gasteiger partial charge in [-0.05, 0) is 42.8 Å². The summed E-state index contributed by atoms with van der Waals surface area (Å²) in [5.74, 6) is -1.80. The van der Waals surface area contributed by atoms with Gasteiger partial charge in [-0.25, -0.2) is 0 Å². The van der Waals surface area contributed by atoms with Gasteiger partial charge in [0.2, 0.25) is 0 Å². The molecule has 0 saturated carbocycles. The Bertz CT molecular complexity index is 847. The molecule has 2 aromatic rings. The van der Waals surface area contributed by atoms with Crippen molar-refractivity contribution in [1.29, 1.82) is 0 Å². The summed E-state index contributed by atoms with van der Waals surface area (Å²) >= 11 is 0. The molecule has 0 radical (unpaired) electrons. The number of ether oxygens (including phenoxy) is 1. The minimum Gasteiger partial charge on any atom is -0.457 e. The molecule has 0 aromatic heterocycles. The van der Waals surface area contributed by atoms with E-state index >= 15 is 0 Å². The average molecular weight is 417 g/mol. The number of alkyl halides is 6. The third-order valence-corrected chi connectivity index (χ3v) is 4.83. The summed E-state index contributed by atoms with van der Waals surface area (Å²) in [6, 6.07) is 9.88. The molecule has 2 unspecified atom stereocenters. The monoisotopic (exact) mass is 417 g/mol. The molecule has 0 spiro atoms. The number of carbonyl (C=O) groups excluding carboxylic acids is 1. The van der Waals surface area contributed by atoms with Crippen molar-refractivity contribution in [3.8, 4) is 11.5 Å². The molecule has 1 heterocycles. The van der Waals surface area contributed by atoms with Crippen LogP contribution in [0.2, 0.25) is 0 Å². The third kappa shape index (κ3) is 4.83. The van der Waals surface area contributed by atoms with Crippen molar-refractivity contribution in [1.82, 2.24) is 0 Å². The first-order valence-electron chi connectivity index (χ1n) is 8.80. The molecule has 156 valence electrons. The van der Waals surface area contributed by atoms with Crippen LogP contribution >= 0.6 is 0 Å². The van der Waals surface area contributed by atoms with Gasteiger partial charge in [0.25, 0.3) is 0 Å². The quantitative estimate of drug-likeness (QED) is 0.452. The number of aldehydes is 1. The Labute approximate surface area is 162 Å². The molecule has 3 rings (SSSR count). The fourth-order valence-electron chi connectivity index (χ4n) is 3.43. The Morgan fingerprint density at radius 2 is 1.66 bits per heavy atom. The second-order valence-corrected chi connectivity index (χ2v) is 6.77. The molecule has 1 saturated heterocycles. The molecule has 9 heteroatoms. The minimum absolute atomic E-state index is 0.0379. The van der Waals surface area contributed by atoms with Gasteiger partial charge >= 0.3 is 12.4 Å². The normalized spacial score (nSPS) is 20.0. The van der Waals surface area contributed by atoms with E-state index in [1.54, 1.807) is 0 Å². The van der Waals surface area contributed by atoms with E-state index in [0.717, 1.165) is 6.07 Å². The first-order valence-corrected chi connectivity index (χ1v) is 8.80. The lowest BCUT2D eigenvalue weighted by atomic mass is 10.0. The van der Waals surface area contributed by atoms with Gasteiger partial charge < -0.3 is 14.4 Å². The molecule has 2 aromatic carbocycles. The second kappa shape index (κ2) is 7.96. The van der Waals surface area contributed by atoms with E-state index in [1.807, 2.05) is 0 Å². The summed E-state index contributed by atoms with van der Waals surface area (Å²) in [5.41, 5.74) is -0.484. The first-order chi connectivity index (χ1) is 13.6. The lowest BCUT2D eigenvalue weighted by Crippen LogP contribution is -2.30. The summed E-state index contributed by atoms with van der Waals surface area (Å²) in [4.78, 5) is 12.3. The summed E-state index contributed by atoms with van der Waals surface area (Å²) in [6.07, 6.45) is -8.58. The van der Waals surface area contributed by atoms with Gasteiger partial charge in [0.05, 0.1) is 11.5 Å². The number of nitrogens with zero attached hydrogens (tertiary/aromatic N) is 1. The molecule has 0 bridgehead atoms. The average Bonchev–Trinajstić information content (AvgIpc) is 3.07. The molecule has 3 nitrogen and oxygen atoms in total. The molecule has 1 aliphatic heterocycles. The number of benzene rings is 2. The van der Waals surface area contributed by atoms with Crippen LogP contribution < -0.4 is 9.64 Å². The van der Waals surface area contributed by atoms with Gasteiger partial charge in [-0.3, -0.25) is 0 Å². The molecule has 1 aliphatic rings. The number of rotatable bonds is 5. The van der Waals surface area contributed by atoms with Crippen LogP contribution in [-0.4, -0.2) is 25.0 Å². The Balaban J connectivity index is 1.79. The van der Waals surface area contributed by atoms with E-state index in [-0.39, 0.29) is 30.9 Å². The topological polar surface area (TPSA) is 29.5 Å². The van der Waals surface area contributed by atoms with Crippen LogP contribution in [0, 0.1) is 5.92 Å². The van der Waals surface area contributed by atoms with E-state index < -0.39 is 29.9 Å². The van der Waals surface area contributed by atoms with Crippen LogP contribution in [0.5, 0.6) is 11.5 Å². The SMILES string of the molecule is O=CCC1CC(C(F)(F)F)CN1c1ccc(Oc2ccccc2C(F)(F)F)cc1. The molecule has 0 aliphatic carbocycles. The highest BCUT2D eigenvalue weighted by molar-refractivity contribution is 5.57. The van der Waals surface area contributed by atoms with Crippen LogP contribution in [-0.2, 0) is 11.0 Å². The third-order valence-electron chi connectivity index (χ3n) is 4.83. The lowest BCUT2D eigenvalue weighted by Gasteiger charge is -2.25. The highest BCUT2D eigenvalue weighted by atomic mass is 19.4. The fraction of sp³-hybridized carbons (Fsp3) is 0.350. The van der Waals surface area contributed by atoms with Gasteiger partial charge in [-0.2, -0.15) is 26.3 Å². The van der Waals surface area contributed by atoms with E-state index in [1.165, 1.54) is 47.4 Å². The zero-order valence-corrected chi connectivity index (χ0v) is 15.0. The Hall–Kier alpha value is -2.71. The summed E-state index contributed by atoms with van der Waals surface area (Å²) < 4.78 is 83.7. The van der Waals surface area contributed by atoms with E-state index in [4.69, 9.17) is 4.74 Å². The molecule has 1 fully saturated rings. The Morgan fingerprint density at radius 3 is 2.24 bits per heavy atom. The largest absolute Gasteiger partial charge is 0.457 e. The van der Waals surface area contributed by atoms with Crippen molar-refractivity contribution < 1.29 is 35.9 Å². The second-order valence-electron chi connectivity index (χ2n) is 6.77. The van der Waals surface area contributed by atoms with Crippen molar-refractivity contribution in [3.63, 3.8) is 0 Å². The van der Waals surface area contributed by atoms with Crippen LogP contribution in [0.25, 0.3) is 0 Å². The first kappa shape index (κ1) is 21.0. The highest BCUT2D eigenvalue weighted by Gasteiger charge is 2.47. The van der Waals surface area contributed by atoms with E-state index in [9.17, 15) is 31.1 Å². The number of carbonyl (C=O) groups is 1. The lowest BCUT2D eigenvalue weighted by molar-refractivity contribution is -0.168. The van der Waals surface area contributed by atoms with Crippen LogP contribution in [0.1, 0.15) is 18.4 Å². The minimum atomic E-state index is -4.58. The predicted molar refractivity (Wildman–Crippen MR) is 93.9 cm³/mol. The number of hydrogen-bond acceptors (Lipinski definition) is 3. The van der Waals surface area contributed by atoms with Gasteiger partial charge in [0.15, 0.2) is 0 Å². The maximum atomic E-state index is 13.1. The van der Waals surface area contributed by atoms with Gasteiger partial charge in [0, 0.05) is 24.7 Å². The predicted octanol–water partition coefficient (Wildman–Crippen LogP) is 5.84. The van der Waals surface area contributed by atoms with Crippen LogP contribution in [0.3, 0.4) is 0 Å². The van der Waals surface area contributed by atoms with E-state index in [2.05, 4.69) is 0 Å². The number of hydrogen-bond donors (Lipinski definition) is 0. The van der Waals surface area contributed by atoms with Gasteiger partial charge in [0.1, 0.15) is 17.8 Å². The zero-order chi connectivity index (χ0) is 21.2. The zero-order valence-electron chi connectivity index (χ0n) is 15.0. The smallest absolute Gasteiger partial charge is 0.419 e. The molecular formula is C20H17F6NO2. The number of halogens is 6. The van der Waals surface area contributed by atoms with Gasteiger partial charge in [-0.15, -0.1) is 0 Å². The van der Waals surface area contributed by atoms with Crippen molar-refractivity contribution in [3.05, 3.63) is 54.1 Å². The molecule has 29 heavy (non-hydrogen) atoms. The summed E-state index contributed by atoms with van der Waals surface area (Å²) in [5, 5.41) is 0. The van der Waals surface area contributed by atoms with Crippen LogP contribution in [0.15, 0.2) is 48.5 Å². The maximum absolute atomic E-state index is 13.1. The molecular weight excluding hydrogens is 400 g/mol. The molecule has 2 atom stereocenters. The molecule has 0 N–H and O–H groups in total. The standard InChI is InChI=1S/C20H17F6NO2/c21-19(22,23)13-11-15(9-10-28)27(12-13)14-5-7-16(8-6-14)29-18-4-2-1-3-17(18)20(24,25)26/h1-8,10,13,15H,9,11-12H2. The van der Waals surface area contributed by atoms with Gasteiger partial charge in [-0.1, -0.05) is 12.1 Å². The van der Waals surface area contributed by atoms with Crippen molar-refractivity contribution in [2.75, 3.05) is 11.4 Å². The molecule has 0 amide bonds. The Kier molecular flexibility index (Phi) is 5.77. The van der Waals surface area contributed by atoms with Crippen molar-refractivity contribution in [2.24, 2.45) is 5.92 Å². The highest BCUT2D eigenvalue weighted by Crippen LogP contribution is 2.41. The summed E-state index contributed by atoms with van der Waals surface area (Å²) in [7, 11) is 0. The van der Waals surface area contributed by atoms with E-state index in [0.29, 0.717) is 12.0 Å². The van der Waals surface area contributed by atoms with Crippen molar-refractivity contribution in [2.45, 2.75) is 31.2 Å². The number of anilines is 1. The number of para-hydroxylation sites is 1. The fourth-order valence-corrected chi connectivity index (χ4v) is 3.43. The summed E-state index contributed by atoms with van der Waals surface area (Å²) in [6.45, 7) is -0.279. The maximum Gasteiger partial charge on any atom is 0.419 e. The van der Waals surface area contributed by atoms with Crippen LogP contribution in [0.4, 0.5) is 32.0 Å². The Morgan fingerprint density at radius 1 is 1.00 bits per heavy atom.